The number of likely N-dealkylation sites (N-methyl/N-ethyl adjacent to an activating group) is 1. The summed E-state index contributed by atoms with van der Waals surface area (Å²) in [5.74, 6) is 0.889. The summed E-state index contributed by atoms with van der Waals surface area (Å²) >= 11 is 0. The number of hydrogen-bond acceptors (Lipinski definition) is 4. The van der Waals surface area contributed by atoms with E-state index in [9.17, 15) is 4.79 Å². The molecule has 0 atom stereocenters. The highest BCUT2D eigenvalue weighted by Gasteiger charge is 2.16. The number of aromatic nitrogens is 1. The topological polar surface area (TPSA) is 48.5 Å². The summed E-state index contributed by atoms with van der Waals surface area (Å²) in [5, 5.41) is 4.02. The van der Waals surface area contributed by atoms with Crippen LogP contribution in [0.4, 0.5) is 11.5 Å². The van der Waals surface area contributed by atoms with E-state index in [-0.39, 0.29) is 5.91 Å². The second-order valence-corrected chi connectivity index (χ2v) is 8.05. The summed E-state index contributed by atoms with van der Waals surface area (Å²) in [6.45, 7) is 8.25. The quantitative estimate of drug-likeness (QED) is 0.665. The summed E-state index contributed by atoms with van der Waals surface area (Å²) in [6, 6.07) is 16.1. The van der Waals surface area contributed by atoms with Crippen molar-refractivity contribution in [2.75, 3.05) is 43.4 Å². The Morgan fingerprint density at radius 1 is 1.00 bits per heavy atom. The van der Waals surface area contributed by atoms with Gasteiger partial charge in [-0.05, 0) is 62.4 Å². The molecule has 1 N–H and O–H groups in total. The Bertz CT molecular complexity index is 1080. The Morgan fingerprint density at radius 3 is 2.47 bits per heavy atom. The van der Waals surface area contributed by atoms with Gasteiger partial charge in [0.25, 0.3) is 0 Å². The average molecular weight is 401 g/mol. The van der Waals surface area contributed by atoms with Crippen LogP contribution >= 0.6 is 0 Å². The number of nitrogens with zero attached hydrogens (tertiary/aromatic N) is 3. The minimum absolute atomic E-state index is 0.144. The molecular weight excluding hydrogens is 372 g/mol. The predicted octanol–water partition coefficient (Wildman–Crippen LogP) is 4.26. The molecule has 5 nitrogen and oxygen atoms in total. The van der Waals surface area contributed by atoms with Crippen LogP contribution < -0.4 is 10.2 Å². The molecule has 0 aliphatic carbocycles. The highest BCUT2D eigenvalue weighted by atomic mass is 16.1. The van der Waals surface area contributed by atoms with Crippen LogP contribution in [-0.4, -0.2) is 49.0 Å². The summed E-state index contributed by atoms with van der Waals surface area (Å²) in [5.41, 5.74) is 5.11. The minimum Gasteiger partial charge on any atom is -0.354 e. The van der Waals surface area contributed by atoms with E-state index in [1.165, 1.54) is 11.1 Å². The number of hydrogen-bond donors (Lipinski definition) is 1. The van der Waals surface area contributed by atoms with Crippen LogP contribution in [0.5, 0.6) is 0 Å². The second-order valence-electron chi connectivity index (χ2n) is 8.05. The van der Waals surface area contributed by atoms with E-state index in [4.69, 9.17) is 4.98 Å². The SMILES string of the molecule is Cc1ccc(/C=C/C(=O)Nc2ccc3nc(N4CCN(C)CC4)cc(C)c3c2)cc1. The Balaban J connectivity index is 1.49. The molecule has 3 aromatic rings. The molecule has 2 heterocycles. The summed E-state index contributed by atoms with van der Waals surface area (Å²) in [7, 11) is 2.15. The van der Waals surface area contributed by atoms with E-state index in [0.717, 1.165) is 54.2 Å². The zero-order valence-electron chi connectivity index (χ0n) is 17.9. The van der Waals surface area contributed by atoms with Gasteiger partial charge in [0.2, 0.25) is 5.91 Å². The van der Waals surface area contributed by atoms with Crippen LogP contribution in [0.2, 0.25) is 0 Å². The maximum atomic E-state index is 12.3. The van der Waals surface area contributed by atoms with E-state index in [2.05, 4.69) is 35.2 Å². The summed E-state index contributed by atoms with van der Waals surface area (Å²) < 4.78 is 0. The molecule has 1 saturated heterocycles. The molecule has 30 heavy (non-hydrogen) atoms. The lowest BCUT2D eigenvalue weighted by molar-refractivity contribution is -0.111. The maximum Gasteiger partial charge on any atom is 0.248 e. The van der Waals surface area contributed by atoms with Gasteiger partial charge in [-0.15, -0.1) is 0 Å². The Hall–Kier alpha value is -3.18. The van der Waals surface area contributed by atoms with Crippen molar-refractivity contribution >= 4 is 34.4 Å². The molecule has 0 radical (unpaired) electrons. The van der Waals surface area contributed by atoms with Gasteiger partial charge in [0.15, 0.2) is 0 Å². The molecule has 1 aliphatic rings. The molecule has 154 valence electrons. The molecular formula is C25H28N4O. The normalized spacial score (nSPS) is 15.1. The van der Waals surface area contributed by atoms with Crippen molar-refractivity contribution in [2.24, 2.45) is 0 Å². The number of anilines is 2. The van der Waals surface area contributed by atoms with E-state index < -0.39 is 0 Å². The maximum absolute atomic E-state index is 12.3. The first-order valence-corrected chi connectivity index (χ1v) is 10.4. The number of fused-ring (bicyclic) bond motifs is 1. The first-order valence-electron chi connectivity index (χ1n) is 10.4. The molecule has 1 amide bonds. The Kier molecular flexibility index (Phi) is 5.81. The van der Waals surface area contributed by atoms with Gasteiger partial charge in [0, 0.05) is 43.3 Å². The van der Waals surface area contributed by atoms with Crippen LogP contribution in [-0.2, 0) is 4.79 Å². The molecule has 1 aliphatic heterocycles. The number of pyridine rings is 1. The van der Waals surface area contributed by atoms with Gasteiger partial charge in [-0.25, -0.2) is 4.98 Å². The molecule has 5 heteroatoms. The van der Waals surface area contributed by atoms with Crippen molar-refractivity contribution in [1.82, 2.24) is 9.88 Å². The van der Waals surface area contributed by atoms with Crippen molar-refractivity contribution in [3.8, 4) is 0 Å². The fourth-order valence-corrected chi connectivity index (χ4v) is 3.69. The van der Waals surface area contributed by atoms with Crippen molar-refractivity contribution in [3.05, 3.63) is 71.3 Å². The minimum atomic E-state index is -0.144. The number of rotatable bonds is 4. The number of carbonyl (C=O) groups excluding carboxylic acids is 1. The number of benzene rings is 2. The number of piperazine rings is 1. The smallest absolute Gasteiger partial charge is 0.248 e. The molecule has 1 aromatic heterocycles. The summed E-state index contributed by atoms with van der Waals surface area (Å²) in [4.78, 5) is 21.9. The van der Waals surface area contributed by atoms with Crippen LogP contribution in [0.25, 0.3) is 17.0 Å². The zero-order valence-corrected chi connectivity index (χ0v) is 17.9. The van der Waals surface area contributed by atoms with Crippen LogP contribution in [0, 0.1) is 13.8 Å². The number of amides is 1. The van der Waals surface area contributed by atoms with Crippen molar-refractivity contribution in [2.45, 2.75) is 13.8 Å². The fourth-order valence-electron chi connectivity index (χ4n) is 3.69. The van der Waals surface area contributed by atoms with Gasteiger partial charge in [-0.1, -0.05) is 29.8 Å². The molecule has 4 rings (SSSR count). The van der Waals surface area contributed by atoms with Gasteiger partial charge in [-0.2, -0.15) is 0 Å². The monoisotopic (exact) mass is 400 g/mol. The standard InChI is InChI=1S/C25H28N4O/c1-18-4-6-20(7-5-18)8-11-25(30)26-21-9-10-23-22(17-21)19(2)16-24(27-23)29-14-12-28(3)13-15-29/h4-11,16-17H,12-15H2,1-3H3,(H,26,30)/b11-8+. The number of carbonyl (C=O) groups is 1. The lowest BCUT2D eigenvalue weighted by Crippen LogP contribution is -2.44. The summed E-state index contributed by atoms with van der Waals surface area (Å²) in [6.07, 6.45) is 3.39. The Morgan fingerprint density at radius 2 is 1.73 bits per heavy atom. The number of nitrogens with one attached hydrogen (secondary N) is 1. The van der Waals surface area contributed by atoms with E-state index in [1.54, 1.807) is 6.08 Å². The lowest BCUT2D eigenvalue weighted by Gasteiger charge is -2.33. The van der Waals surface area contributed by atoms with Gasteiger partial charge in [0.05, 0.1) is 5.52 Å². The largest absolute Gasteiger partial charge is 0.354 e. The number of aryl methyl sites for hydroxylation is 2. The van der Waals surface area contributed by atoms with Gasteiger partial charge in [0.1, 0.15) is 5.82 Å². The van der Waals surface area contributed by atoms with Crippen molar-refractivity contribution in [1.29, 1.82) is 0 Å². The van der Waals surface area contributed by atoms with E-state index >= 15 is 0 Å². The highest BCUT2D eigenvalue weighted by Crippen LogP contribution is 2.26. The highest BCUT2D eigenvalue weighted by molar-refractivity contribution is 6.03. The van der Waals surface area contributed by atoms with Gasteiger partial charge in [-0.3, -0.25) is 4.79 Å². The Labute approximate surface area is 178 Å². The van der Waals surface area contributed by atoms with E-state index in [1.807, 2.05) is 55.5 Å². The lowest BCUT2D eigenvalue weighted by atomic mass is 10.1. The second kappa shape index (κ2) is 8.67. The first-order chi connectivity index (χ1) is 14.5. The van der Waals surface area contributed by atoms with Crippen molar-refractivity contribution in [3.63, 3.8) is 0 Å². The third-order valence-corrected chi connectivity index (χ3v) is 5.60. The van der Waals surface area contributed by atoms with Gasteiger partial charge < -0.3 is 15.1 Å². The van der Waals surface area contributed by atoms with Crippen LogP contribution in [0.3, 0.4) is 0 Å². The zero-order chi connectivity index (χ0) is 21.1. The molecule has 0 saturated carbocycles. The van der Waals surface area contributed by atoms with Gasteiger partial charge >= 0.3 is 0 Å². The first kappa shape index (κ1) is 20.1. The third-order valence-electron chi connectivity index (χ3n) is 5.60. The van der Waals surface area contributed by atoms with Crippen LogP contribution in [0.15, 0.2) is 54.6 Å². The third kappa shape index (κ3) is 4.69. The molecule has 0 spiro atoms. The van der Waals surface area contributed by atoms with Crippen LogP contribution in [0.1, 0.15) is 16.7 Å². The molecule has 2 aromatic carbocycles. The van der Waals surface area contributed by atoms with E-state index in [0.29, 0.717) is 0 Å². The fraction of sp³-hybridized carbons (Fsp3) is 0.280. The molecule has 1 fully saturated rings. The van der Waals surface area contributed by atoms with Crippen molar-refractivity contribution < 1.29 is 4.79 Å². The molecule has 0 unspecified atom stereocenters. The molecule has 0 bridgehead atoms. The predicted molar refractivity (Wildman–Crippen MR) is 125 cm³/mol. The average Bonchev–Trinajstić information content (AvgIpc) is 2.74.